The number of carboxylic acid groups (broad SMARTS) is 1. The van der Waals surface area contributed by atoms with Gasteiger partial charge in [0, 0.05) is 12.5 Å². The molecule has 0 aromatic heterocycles. The highest BCUT2D eigenvalue weighted by atomic mass is 19.4. The van der Waals surface area contributed by atoms with E-state index in [-0.39, 0.29) is 25.3 Å². The summed E-state index contributed by atoms with van der Waals surface area (Å²) < 4.78 is 44.4. The Hall–Kier alpha value is -2.09. The van der Waals surface area contributed by atoms with Crippen molar-refractivity contribution in [3.63, 3.8) is 0 Å². The fourth-order valence-corrected chi connectivity index (χ4v) is 3.18. The number of morpholine rings is 1. The number of carbonyl (C=O) groups excluding carboxylic acids is 1. The van der Waals surface area contributed by atoms with E-state index in [1.807, 2.05) is 0 Å². The molecule has 0 unspecified atom stereocenters. The lowest BCUT2D eigenvalue weighted by molar-refractivity contribution is -0.159. The Labute approximate surface area is 136 Å². The topological polar surface area (TPSA) is 66.8 Å². The predicted octanol–water partition coefficient (Wildman–Crippen LogP) is 2.12. The third-order valence-corrected chi connectivity index (χ3v) is 4.47. The Balaban J connectivity index is 1.78. The van der Waals surface area contributed by atoms with E-state index in [4.69, 9.17) is 4.74 Å². The molecule has 1 aliphatic carbocycles. The SMILES string of the molecule is O=C(O)[C@@H]1COCCN1C(=O)[C@H]1C[C@H]1c1ccccc1C(F)(F)F. The quantitative estimate of drug-likeness (QED) is 0.913. The van der Waals surface area contributed by atoms with Gasteiger partial charge in [-0.1, -0.05) is 18.2 Å². The van der Waals surface area contributed by atoms with Gasteiger partial charge < -0.3 is 14.7 Å². The van der Waals surface area contributed by atoms with Crippen molar-refractivity contribution < 1.29 is 32.6 Å². The smallest absolute Gasteiger partial charge is 0.416 e. The van der Waals surface area contributed by atoms with E-state index in [0.717, 1.165) is 6.07 Å². The van der Waals surface area contributed by atoms with E-state index in [1.54, 1.807) is 0 Å². The zero-order valence-electron chi connectivity index (χ0n) is 12.6. The minimum Gasteiger partial charge on any atom is -0.480 e. The van der Waals surface area contributed by atoms with Crippen LogP contribution in [0, 0.1) is 5.92 Å². The number of benzene rings is 1. The molecule has 5 nitrogen and oxygen atoms in total. The first-order valence-electron chi connectivity index (χ1n) is 7.58. The van der Waals surface area contributed by atoms with Crippen molar-refractivity contribution in [2.75, 3.05) is 19.8 Å². The predicted molar refractivity (Wildman–Crippen MR) is 76.2 cm³/mol. The van der Waals surface area contributed by atoms with Gasteiger partial charge in [-0.15, -0.1) is 0 Å². The molecule has 130 valence electrons. The maximum Gasteiger partial charge on any atom is 0.416 e. The molecule has 3 rings (SSSR count). The van der Waals surface area contributed by atoms with Crippen molar-refractivity contribution in [3.8, 4) is 0 Å². The third kappa shape index (κ3) is 3.10. The standard InChI is InChI=1S/C16H16F3NO4/c17-16(18,19)12-4-2-1-3-9(12)10-7-11(10)14(21)20-5-6-24-8-13(20)15(22)23/h1-4,10-11,13H,5-8H2,(H,22,23)/t10-,11-,13-/m0/s1. The van der Waals surface area contributed by atoms with E-state index >= 15 is 0 Å². The van der Waals surface area contributed by atoms with E-state index < -0.39 is 41.5 Å². The van der Waals surface area contributed by atoms with Gasteiger partial charge in [0.05, 0.1) is 18.8 Å². The van der Waals surface area contributed by atoms with Crippen LogP contribution in [0.3, 0.4) is 0 Å². The van der Waals surface area contributed by atoms with Gasteiger partial charge in [0.2, 0.25) is 5.91 Å². The molecule has 1 saturated carbocycles. The van der Waals surface area contributed by atoms with E-state index in [1.165, 1.54) is 23.1 Å². The van der Waals surface area contributed by atoms with Crippen molar-refractivity contribution in [2.45, 2.75) is 24.6 Å². The number of carboxylic acids is 1. The summed E-state index contributed by atoms with van der Waals surface area (Å²) in [4.78, 5) is 25.0. The number of carbonyl (C=O) groups is 2. The maximum absolute atomic E-state index is 13.1. The van der Waals surface area contributed by atoms with Gasteiger partial charge in [-0.2, -0.15) is 13.2 Å². The summed E-state index contributed by atoms with van der Waals surface area (Å²) in [5.74, 6) is -2.70. The molecule has 1 saturated heterocycles. The highest BCUT2D eigenvalue weighted by Crippen LogP contribution is 2.51. The van der Waals surface area contributed by atoms with Gasteiger partial charge in [-0.3, -0.25) is 4.79 Å². The second-order valence-electron chi connectivity index (χ2n) is 5.99. The van der Waals surface area contributed by atoms with Crippen LogP contribution in [0.25, 0.3) is 0 Å². The van der Waals surface area contributed by atoms with Crippen LogP contribution >= 0.6 is 0 Å². The van der Waals surface area contributed by atoms with Gasteiger partial charge in [0.1, 0.15) is 0 Å². The molecule has 0 radical (unpaired) electrons. The van der Waals surface area contributed by atoms with Crippen LogP contribution < -0.4 is 0 Å². The van der Waals surface area contributed by atoms with Crippen molar-refractivity contribution in [2.24, 2.45) is 5.92 Å². The molecule has 1 aromatic rings. The third-order valence-electron chi connectivity index (χ3n) is 4.47. The first-order valence-corrected chi connectivity index (χ1v) is 7.58. The summed E-state index contributed by atoms with van der Waals surface area (Å²) in [5, 5.41) is 9.17. The summed E-state index contributed by atoms with van der Waals surface area (Å²) in [6.07, 6.45) is -4.18. The van der Waals surface area contributed by atoms with Crippen molar-refractivity contribution in [3.05, 3.63) is 35.4 Å². The van der Waals surface area contributed by atoms with E-state index in [2.05, 4.69) is 0 Å². The second kappa shape index (κ2) is 6.08. The molecule has 1 heterocycles. The molecule has 24 heavy (non-hydrogen) atoms. The number of amides is 1. The Bertz CT molecular complexity index is 661. The minimum absolute atomic E-state index is 0.0996. The van der Waals surface area contributed by atoms with Gasteiger partial charge >= 0.3 is 12.1 Å². The number of hydrogen-bond donors (Lipinski definition) is 1. The van der Waals surface area contributed by atoms with Gasteiger partial charge in [-0.05, 0) is 24.0 Å². The minimum atomic E-state index is -4.48. The largest absolute Gasteiger partial charge is 0.480 e. The number of halogens is 3. The van der Waals surface area contributed by atoms with Gasteiger partial charge in [0.15, 0.2) is 6.04 Å². The normalized spacial score (nSPS) is 27.0. The lowest BCUT2D eigenvalue weighted by Gasteiger charge is -2.33. The lowest BCUT2D eigenvalue weighted by atomic mass is 10.0. The number of rotatable bonds is 3. The Kier molecular flexibility index (Phi) is 4.25. The van der Waals surface area contributed by atoms with Crippen LogP contribution in [-0.4, -0.2) is 47.7 Å². The summed E-state index contributed by atoms with van der Waals surface area (Å²) in [6, 6.07) is 4.14. The van der Waals surface area contributed by atoms with Crippen molar-refractivity contribution in [1.29, 1.82) is 0 Å². The summed E-state index contributed by atoms with van der Waals surface area (Å²) >= 11 is 0. The average Bonchev–Trinajstić information content (AvgIpc) is 3.34. The zero-order chi connectivity index (χ0) is 17.5. The van der Waals surface area contributed by atoms with Crippen LogP contribution in [0.5, 0.6) is 0 Å². The van der Waals surface area contributed by atoms with Crippen LogP contribution in [0.4, 0.5) is 13.2 Å². The molecular formula is C16H16F3NO4. The first-order chi connectivity index (χ1) is 11.3. The van der Waals surface area contributed by atoms with Crippen LogP contribution in [-0.2, 0) is 20.5 Å². The Morgan fingerprint density at radius 1 is 1.25 bits per heavy atom. The number of ether oxygens (including phenoxy) is 1. The Morgan fingerprint density at radius 3 is 2.62 bits per heavy atom. The number of aliphatic carboxylic acids is 1. The molecule has 1 aliphatic heterocycles. The highest BCUT2D eigenvalue weighted by Gasteiger charge is 2.50. The molecule has 8 heteroatoms. The van der Waals surface area contributed by atoms with E-state index in [9.17, 15) is 27.9 Å². The molecule has 3 atom stereocenters. The monoisotopic (exact) mass is 343 g/mol. The second-order valence-corrected chi connectivity index (χ2v) is 5.99. The molecule has 0 spiro atoms. The zero-order valence-corrected chi connectivity index (χ0v) is 12.6. The van der Waals surface area contributed by atoms with Crippen LogP contribution in [0.2, 0.25) is 0 Å². The molecule has 1 N–H and O–H groups in total. The Morgan fingerprint density at radius 2 is 1.96 bits per heavy atom. The summed E-state index contributed by atoms with van der Waals surface area (Å²) in [7, 11) is 0. The van der Waals surface area contributed by atoms with Gasteiger partial charge in [-0.25, -0.2) is 4.79 Å². The lowest BCUT2D eigenvalue weighted by Crippen LogP contribution is -2.53. The summed E-state index contributed by atoms with van der Waals surface area (Å²) in [5.41, 5.74) is -0.634. The van der Waals surface area contributed by atoms with E-state index in [0.29, 0.717) is 6.42 Å². The van der Waals surface area contributed by atoms with Crippen molar-refractivity contribution in [1.82, 2.24) is 4.90 Å². The van der Waals surface area contributed by atoms with Crippen molar-refractivity contribution >= 4 is 11.9 Å². The van der Waals surface area contributed by atoms with Gasteiger partial charge in [0.25, 0.3) is 0 Å². The summed E-state index contributed by atoms with van der Waals surface area (Å²) in [6.45, 7) is 0.267. The molecule has 2 aliphatic rings. The molecule has 0 bridgehead atoms. The fraction of sp³-hybridized carbons (Fsp3) is 0.500. The molecule has 1 amide bonds. The number of alkyl halides is 3. The first kappa shape index (κ1) is 16.8. The number of hydrogen-bond acceptors (Lipinski definition) is 3. The average molecular weight is 343 g/mol. The maximum atomic E-state index is 13.1. The molecule has 1 aromatic carbocycles. The molecular weight excluding hydrogens is 327 g/mol. The molecule has 2 fully saturated rings. The number of nitrogens with zero attached hydrogens (tertiary/aromatic N) is 1. The van der Waals surface area contributed by atoms with Crippen LogP contribution in [0.15, 0.2) is 24.3 Å². The van der Waals surface area contributed by atoms with Crippen LogP contribution in [0.1, 0.15) is 23.5 Å². The highest BCUT2D eigenvalue weighted by molar-refractivity contribution is 5.88. The fourth-order valence-electron chi connectivity index (χ4n) is 3.18.